The second-order valence-corrected chi connectivity index (χ2v) is 8.67. The predicted molar refractivity (Wildman–Crippen MR) is 135 cm³/mol. The highest BCUT2D eigenvalue weighted by molar-refractivity contribution is 6.47. The Bertz CT molecular complexity index is 1320. The van der Waals surface area contributed by atoms with E-state index < -0.39 is 17.7 Å². The molecule has 3 aromatic rings. The Labute approximate surface area is 209 Å². The number of aliphatic hydroxyl groups excluding tert-OH is 1. The second kappa shape index (κ2) is 10.2. The molecule has 1 heterocycles. The van der Waals surface area contributed by atoms with Gasteiger partial charge in [0.05, 0.1) is 30.4 Å². The lowest BCUT2D eigenvalue weighted by Crippen LogP contribution is -2.29. The minimum Gasteiger partial charge on any atom is -0.507 e. The van der Waals surface area contributed by atoms with Crippen LogP contribution in [-0.2, 0) is 16.1 Å². The Morgan fingerprint density at radius 1 is 1.03 bits per heavy atom. The third-order valence-electron chi connectivity index (χ3n) is 5.89. The smallest absolute Gasteiger partial charge is 0.295 e. The molecule has 7 heteroatoms. The molecule has 1 aliphatic heterocycles. The Morgan fingerprint density at radius 3 is 2.51 bits per heavy atom. The van der Waals surface area contributed by atoms with Crippen molar-refractivity contribution >= 4 is 29.1 Å². The van der Waals surface area contributed by atoms with E-state index in [1.54, 1.807) is 25.3 Å². The molecular formula is C28H26ClNO5. The Balaban J connectivity index is 1.88. The molecule has 1 amide bonds. The summed E-state index contributed by atoms with van der Waals surface area (Å²) in [6.45, 7) is 4.36. The zero-order valence-electron chi connectivity index (χ0n) is 19.7. The lowest BCUT2D eigenvalue weighted by atomic mass is 9.94. The van der Waals surface area contributed by atoms with Gasteiger partial charge in [-0.2, -0.15) is 0 Å². The molecule has 1 N–H and O–H groups in total. The fraction of sp³-hybridized carbons (Fsp3) is 0.214. The highest BCUT2D eigenvalue weighted by Crippen LogP contribution is 2.42. The fourth-order valence-corrected chi connectivity index (χ4v) is 4.49. The SMILES string of the molecule is CCOc1ccc(Cl)c(/C(O)=C2\C(=O)C(=O)N(Cc3cccc(OC)c3)C2c2cccc(C)c2)c1. The van der Waals surface area contributed by atoms with Gasteiger partial charge in [-0.15, -0.1) is 0 Å². The number of hydrogen-bond acceptors (Lipinski definition) is 5. The zero-order valence-corrected chi connectivity index (χ0v) is 20.5. The minimum atomic E-state index is -0.798. The maximum Gasteiger partial charge on any atom is 0.295 e. The summed E-state index contributed by atoms with van der Waals surface area (Å²) in [4.78, 5) is 28.1. The molecule has 0 aliphatic carbocycles. The maximum atomic E-state index is 13.3. The highest BCUT2D eigenvalue weighted by atomic mass is 35.5. The van der Waals surface area contributed by atoms with Gasteiger partial charge in [0.1, 0.15) is 17.3 Å². The summed E-state index contributed by atoms with van der Waals surface area (Å²) in [6, 6.07) is 18.9. The Kier molecular flexibility index (Phi) is 7.12. The van der Waals surface area contributed by atoms with Gasteiger partial charge in [0, 0.05) is 12.1 Å². The molecule has 1 atom stereocenters. The summed E-state index contributed by atoms with van der Waals surface area (Å²) in [5.74, 6) is -0.663. The molecule has 0 spiro atoms. The first-order valence-corrected chi connectivity index (χ1v) is 11.6. The summed E-state index contributed by atoms with van der Waals surface area (Å²) >= 11 is 6.40. The first kappa shape index (κ1) is 24.4. The predicted octanol–water partition coefficient (Wildman–Crippen LogP) is 5.68. The second-order valence-electron chi connectivity index (χ2n) is 8.27. The maximum absolute atomic E-state index is 13.3. The van der Waals surface area contributed by atoms with Crippen molar-refractivity contribution in [1.82, 2.24) is 4.90 Å². The van der Waals surface area contributed by atoms with Crippen LogP contribution in [0, 0.1) is 6.92 Å². The number of aryl methyl sites for hydroxylation is 1. The van der Waals surface area contributed by atoms with Crippen LogP contribution in [0.25, 0.3) is 5.76 Å². The molecule has 0 bridgehead atoms. The topological polar surface area (TPSA) is 76.1 Å². The van der Waals surface area contributed by atoms with E-state index in [1.165, 1.54) is 4.90 Å². The first-order chi connectivity index (χ1) is 16.8. The molecule has 1 fully saturated rings. The summed E-state index contributed by atoms with van der Waals surface area (Å²) < 4.78 is 10.9. The summed E-state index contributed by atoms with van der Waals surface area (Å²) in [5.41, 5.74) is 2.69. The third-order valence-corrected chi connectivity index (χ3v) is 6.22. The number of amides is 1. The molecular weight excluding hydrogens is 466 g/mol. The van der Waals surface area contributed by atoms with Gasteiger partial charge in [-0.1, -0.05) is 53.6 Å². The van der Waals surface area contributed by atoms with Crippen molar-refractivity contribution in [2.75, 3.05) is 13.7 Å². The number of Topliss-reactive ketones (excluding diaryl/α,β-unsaturated/α-hetero) is 1. The molecule has 4 rings (SSSR count). The number of halogens is 1. The zero-order chi connectivity index (χ0) is 25.1. The Morgan fingerprint density at radius 2 is 1.80 bits per heavy atom. The van der Waals surface area contributed by atoms with Crippen LogP contribution in [0.5, 0.6) is 11.5 Å². The van der Waals surface area contributed by atoms with E-state index in [-0.39, 0.29) is 28.5 Å². The van der Waals surface area contributed by atoms with Gasteiger partial charge in [-0.05, 0) is 55.3 Å². The first-order valence-electron chi connectivity index (χ1n) is 11.2. The van der Waals surface area contributed by atoms with Crippen LogP contribution >= 0.6 is 11.6 Å². The largest absolute Gasteiger partial charge is 0.507 e. The normalized spacial score (nSPS) is 17.0. The number of ether oxygens (including phenoxy) is 2. The number of methoxy groups -OCH3 is 1. The number of ketones is 1. The molecule has 1 unspecified atom stereocenters. The van der Waals surface area contributed by atoms with Crippen molar-refractivity contribution in [3.05, 3.63) is 99.6 Å². The van der Waals surface area contributed by atoms with Gasteiger partial charge in [-0.25, -0.2) is 0 Å². The van der Waals surface area contributed by atoms with E-state index in [9.17, 15) is 14.7 Å². The third kappa shape index (κ3) is 4.88. The molecule has 1 saturated heterocycles. The van der Waals surface area contributed by atoms with E-state index in [2.05, 4.69) is 0 Å². The van der Waals surface area contributed by atoms with Crippen LogP contribution < -0.4 is 9.47 Å². The lowest BCUT2D eigenvalue weighted by molar-refractivity contribution is -0.140. The van der Waals surface area contributed by atoms with Crippen molar-refractivity contribution < 1.29 is 24.2 Å². The summed E-state index contributed by atoms with van der Waals surface area (Å²) in [5, 5.41) is 11.6. The number of likely N-dealkylation sites (tertiary alicyclic amines) is 1. The molecule has 1 aliphatic rings. The molecule has 0 radical (unpaired) electrons. The van der Waals surface area contributed by atoms with Crippen LogP contribution in [0.2, 0.25) is 5.02 Å². The number of carbonyl (C=O) groups is 2. The minimum absolute atomic E-state index is 0.0148. The fourth-order valence-electron chi connectivity index (χ4n) is 4.28. The van der Waals surface area contributed by atoms with Crippen LogP contribution in [-0.4, -0.2) is 35.4 Å². The van der Waals surface area contributed by atoms with Crippen LogP contribution in [0.1, 0.15) is 35.2 Å². The van der Waals surface area contributed by atoms with E-state index in [0.29, 0.717) is 23.7 Å². The summed E-state index contributed by atoms with van der Waals surface area (Å²) in [7, 11) is 1.57. The van der Waals surface area contributed by atoms with Crippen molar-refractivity contribution in [3.63, 3.8) is 0 Å². The van der Waals surface area contributed by atoms with Crippen molar-refractivity contribution in [3.8, 4) is 11.5 Å². The van der Waals surface area contributed by atoms with Crippen LogP contribution in [0.4, 0.5) is 0 Å². The van der Waals surface area contributed by atoms with Crippen LogP contribution in [0.15, 0.2) is 72.3 Å². The van der Waals surface area contributed by atoms with Gasteiger partial charge in [0.25, 0.3) is 11.7 Å². The van der Waals surface area contributed by atoms with Gasteiger partial charge >= 0.3 is 0 Å². The molecule has 0 saturated carbocycles. The number of hydrogen-bond donors (Lipinski definition) is 1. The molecule has 0 aromatic heterocycles. The molecule has 180 valence electrons. The van der Waals surface area contributed by atoms with Gasteiger partial charge < -0.3 is 19.5 Å². The quantitative estimate of drug-likeness (QED) is 0.261. The van der Waals surface area contributed by atoms with E-state index in [0.717, 1.165) is 11.1 Å². The highest BCUT2D eigenvalue weighted by Gasteiger charge is 2.46. The standard InChI is InChI=1S/C28H26ClNO5/c1-4-35-21-11-12-23(29)22(15-21)26(31)24-25(19-9-5-7-17(2)13-19)30(28(33)27(24)32)16-18-8-6-10-20(14-18)34-3/h5-15,25,31H,4,16H2,1-3H3/b26-24+. The number of benzene rings is 3. The van der Waals surface area contributed by atoms with Gasteiger partial charge in [-0.3, -0.25) is 9.59 Å². The number of rotatable bonds is 7. The Hall–Kier alpha value is -3.77. The number of carbonyl (C=O) groups excluding carboxylic acids is 2. The van der Waals surface area contributed by atoms with Crippen molar-refractivity contribution in [1.29, 1.82) is 0 Å². The summed E-state index contributed by atoms with van der Waals surface area (Å²) in [6.07, 6.45) is 0. The van der Waals surface area contributed by atoms with Crippen molar-refractivity contribution in [2.45, 2.75) is 26.4 Å². The molecule has 3 aromatic carbocycles. The van der Waals surface area contributed by atoms with E-state index >= 15 is 0 Å². The molecule has 35 heavy (non-hydrogen) atoms. The van der Waals surface area contributed by atoms with Crippen LogP contribution in [0.3, 0.4) is 0 Å². The number of nitrogens with zero attached hydrogens (tertiary/aromatic N) is 1. The average Bonchev–Trinajstić information content (AvgIpc) is 3.10. The number of aliphatic hydroxyl groups is 1. The van der Waals surface area contributed by atoms with E-state index in [4.69, 9.17) is 21.1 Å². The van der Waals surface area contributed by atoms with E-state index in [1.807, 2.05) is 62.4 Å². The van der Waals surface area contributed by atoms with Gasteiger partial charge in [0.15, 0.2) is 0 Å². The monoisotopic (exact) mass is 491 g/mol. The van der Waals surface area contributed by atoms with Crippen molar-refractivity contribution in [2.24, 2.45) is 0 Å². The average molecular weight is 492 g/mol. The molecule has 6 nitrogen and oxygen atoms in total. The lowest BCUT2D eigenvalue weighted by Gasteiger charge is -2.26. The van der Waals surface area contributed by atoms with Gasteiger partial charge in [0.2, 0.25) is 0 Å².